The Bertz CT molecular complexity index is 377. The molecule has 0 saturated carbocycles. The smallest absolute Gasteiger partial charge is 0.237 e. The first-order chi connectivity index (χ1) is 8.83. The molecule has 1 aliphatic rings. The highest BCUT2D eigenvalue weighted by molar-refractivity contribution is 5.78. The van der Waals surface area contributed by atoms with Gasteiger partial charge >= 0.3 is 0 Å². The maximum absolute atomic E-state index is 12.2. The topological polar surface area (TPSA) is 32.3 Å². The highest BCUT2D eigenvalue weighted by Gasteiger charge is 2.25. The van der Waals surface area contributed by atoms with Gasteiger partial charge in [0.25, 0.3) is 0 Å². The van der Waals surface area contributed by atoms with Crippen molar-refractivity contribution < 1.29 is 4.79 Å². The summed E-state index contributed by atoms with van der Waals surface area (Å²) in [5.41, 5.74) is 1.27. The van der Waals surface area contributed by atoms with Crippen LogP contribution in [0.5, 0.6) is 0 Å². The van der Waals surface area contributed by atoms with Gasteiger partial charge in [0.05, 0.1) is 12.6 Å². The number of likely N-dealkylation sites (N-methyl/N-ethyl adjacent to an activating group) is 1. The summed E-state index contributed by atoms with van der Waals surface area (Å²) >= 11 is 0. The van der Waals surface area contributed by atoms with E-state index in [0.29, 0.717) is 6.54 Å². The number of likely N-dealkylation sites (tertiary alicyclic amines) is 1. The van der Waals surface area contributed by atoms with Gasteiger partial charge in [0, 0.05) is 6.54 Å². The predicted molar refractivity (Wildman–Crippen MR) is 73.3 cm³/mol. The summed E-state index contributed by atoms with van der Waals surface area (Å²) in [6.45, 7) is 1.32. The van der Waals surface area contributed by atoms with Gasteiger partial charge in [-0.15, -0.1) is 0 Å². The zero-order chi connectivity index (χ0) is 12.8. The van der Waals surface area contributed by atoms with Crippen LogP contribution in [0, 0.1) is 0 Å². The summed E-state index contributed by atoms with van der Waals surface area (Å²) in [5, 5.41) is 2.97. The summed E-state index contributed by atoms with van der Waals surface area (Å²) in [5.74, 6) is 0.216. The van der Waals surface area contributed by atoms with Gasteiger partial charge in [0.2, 0.25) is 5.91 Å². The Kier molecular flexibility index (Phi) is 4.76. The third kappa shape index (κ3) is 3.10. The molecule has 1 amide bonds. The summed E-state index contributed by atoms with van der Waals surface area (Å²) in [4.78, 5) is 14.3. The molecule has 1 aromatic carbocycles. The van der Waals surface area contributed by atoms with Crippen molar-refractivity contribution in [3.8, 4) is 0 Å². The third-order valence-corrected chi connectivity index (χ3v) is 3.59. The first kappa shape index (κ1) is 13.1. The van der Waals surface area contributed by atoms with E-state index in [0.717, 1.165) is 19.4 Å². The number of benzene rings is 1. The first-order valence-corrected chi connectivity index (χ1v) is 6.82. The number of nitrogens with zero attached hydrogens (tertiary/aromatic N) is 1. The Hall–Kier alpha value is -1.35. The second-order valence-corrected chi connectivity index (χ2v) is 4.89. The Morgan fingerprint density at radius 2 is 2.06 bits per heavy atom. The quantitative estimate of drug-likeness (QED) is 0.888. The lowest BCUT2D eigenvalue weighted by atomic mass is 10.0. The molecule has 1 N–H and O–H groups in total. The summed E-state index contributed by atoms with van der Waals surface area (Å²) in [7, 11) is 1.83. The minimum absolute atomic E-state index is 0.216. The minimum atomic E-state index is 0.216. The number of carbonyl (C=O) groups is 1. The summed E-state index contributed by atoms with van der Waals surface area (Å²) in [6, 6.07) is 10.7. The Balaban J connectivity index is 2.19. The molecule has 3 nitrogen and oxygen atoms in total. The van der Waals surface area contributed by atoms with Crippen molar-refractivity contribution in [3.05, 3.63) is 35.9 Å². The SMILES string of the molecule is CNCC(=O)N1CCCCCC1c1ccccc1. The van der Waals surface area contributed by atoms with E-state index >= 15 is 0 Å². The standard InChI is InChI=1S/C15H22N2O/c1-16-12-15(18)17-11-7-3-6-10-14(17)13-8-4-2-5-9-13/h2,4-5,8-9,14,16H,3,6-7,10-12H2,1H3. The number of nitrogens with one attached hydrogen (secondary N) is 1. The van der Waals surface area contributed by atoms with Crippen LogP contribution in [0.15, 0.2) is 30.3 Å². The molecule has 1 aliphatic heterocycles. The predicted octanol–water partition coefficient (Wildman–Crippen LogP) is 2.35. The highest BCUT2D eigenvalue weighted by atomic mass is 16.2. The molecule has 18 heavy (non-hydrogen) atoms. The molecule has 0 aromatic heterocycles. The van der Waals surface area contributed by atoms with E-state index in [2.05, 4.69) is 34.5 Å². The van der Waals surface area contributed by atoms with Crippen LogP contribution in [-0.4, -0.2) is 30.9 Å². The fourth-order valence-electron chi connectivity index (χ4n) is 2.68. The van der Waals surface area contributed by atoms with Gasteiger partial charge in [-0.25, -0.2) is 0 Å². The second kappa shape index (κ2) is 6.55. The molecule has 1 unspecified atom stereocenters. The van der Waals surface area contributed by atoms with Crippen LogP contribution < -0.4 is 5.32 Å². The van der Waals surface area contributed by atoms with Crippen molar-refractivity contribution in [2.45, 2.75) is 31.7 Å². The van der Waals surface area contributed by atoms with E-state index < -0.39 is 0 Å². The van der Waals surface area contributed by atoms with Crippen molar-refractivity contribution in [2.75, 3.05) is 20.1 Å². The fourth-order valence-corrected chi connectivity index (χ4v) is 2.68. The Morgan fingerprint density at radius 3 is 2.78 bits per heavy atom. The third-order valence-electron chi connectivity index (χ3n) is 3.59. The lowest BCUT2D eigenvalue weighted by molar-refractivity contribution is -0.132. The van der Waals surface area contributed by atoms with E-state index in [1.165, 1.54) is 18.4 Å². The van der Waals surface area contributed by atoms with E-state index in [-0.39, 0.29) is 11.9 Å². The lowest BCUT2D eigenvalue weighted by Crippen LogP contribution is -2.39. The zero-order valence-electron chi connectivity index (χ0n) is 11.1. The van der Waals surface area contributed by atoms with Crippen molar-refractivity contribution >= 4 is 5.91 Å². The van der Waals surface area contributed by atoms with Crippen molar-refractivity contribution in [2.24, 2.45) is 0 Å². The van der Waals surface area contributed by atoms with Gasteiger partial charge in [0.1, 0.15) is 0 Å². The molecule has 0 aliphatic carbocycles. The molecule has 1 heterocycles. The fraction of sp³-hybridized carbons (Fsp3) is 0.533. The molecule has 1 saturated heterocycles. The molecule has 98 valence electrons. The Morgan fingerprint density at radius 1 is 1.28 bits per heavy atom. The van der Waals surface area contributed by atoms with Crippen molar-refractivity contribution in [1.29, 1.82) is 0 Å². The summed E-state index contributed by atoms with van der Waals surface area (Å²) < 4.78 is 0. The van der Waals surface area contributed by atoms with Gasteiger partial charge < -0.3 is 10.2 Å². The van der Waals surface area contributed by atoms with Gasteiger partial charge in [-0.2, -0.15) is 0 Å². The minimum Gasteiger partial charge on any atom is -0.335 e. The monoisotopic (exact) mass is 246 g/mol. The maximum Gasteiger partial charge on any atom is 0.237 e. The molecule has 1 fully saturated rings. The number of carbonyl (C=O) groups excluding carboxylic acids is 1. The van der Waals surface area contributed by atoms with Crippen LogP contribution in [-0.2, 0) is 4.79 Å². The number of hydrogen-bond donors (Lipinski definition) is 1. The molecular weight excluding hydrogens is 224 g/mol. The zero-order valence-corrected chi connectivity index (χ0v) is 11.1. The van der Waals surface area contributed by atoms with Crippen LogP contribution in [0.3, 0.4) is 0 Å². The van der Waals surface area contributed by atoms with Crippen LogP contribution in [0.4, 0.5) is 0 Å². The molecule has 0 spiro atoms. The molecule has 2 rings (SSSR count). The first-order valence-electron chi connectivity index (χ1n) is 6.82. The number of rotatable bonds is 3. The van der Waals surface area contributed by atoms with Crippen LogP contribution >= 0.6 is 0 Å². The summed E-state index contributed by atoms with van der Waals surface area (Å²) in [6.07, 6.45) is 4.65. The van der Waals surface area contributed by atoms with Crippen molar-refractivity contribution in [3.63, 3.8) is 0 Å². The molecule has 1 aromatic rings. The van der Waals surface area contributed by atoms with Gasteiger partial charge in [-0.05, 0) is 25.5 Å². The van der Waals surface area contributed by atoms with Gasteiger partial charge in [0.15, 0.2) is 0 Å². The average molecular weight is 246 g/mol. The van der Waals surface area contributed by atoms with Gasteiger partial charge in [-0.3, -0.25) is 4.79 Å². The molecular formula is C15H22N2O. The average Bonchev–Trinajstić information content (AvgIpc) is 2.65. The molecule has 1 atom stereocenters. The van der Waals surface area contributed by atoms with Crippen molar-refractivity contribution in [1.82, 2.24) is 10.2 Å². The Labute approximate surface area is 109 Å². The number of amides is 1. The van der Waals surface area contributed by atoms with E-state index in [1.54, 1.807) is 0 Å². The van der Waals surface area contributed by atoms with Crippen LogP contribution in [0.2, 0.25) is 0 Å². The van der Waals surface area contributed by atoms with E-state index in [4.69, 9.17) is 0 Å². The molecule has 0 bridgehead atoms. The number of hydrogen-bond acceptors (Lipinski definition) is 2. The normalized spacial score (nSPS) is 20.5. The maximum atomic E-state index is 12.2. The molecule has 0 radical (unpaired) electrons. The van der Waals surface area contributed by atoms with Crippen LogP contribution in [0.25, 0.3) is 0 Å². The second-order valence-electron chi connectivity index (χ2n) is 4.89. The van der Waals surface area contributed by atoms with E-state index in [1.807, 2.05) is 13.1 Å². The molecule has 3 heteroatoms. The largest absolute Gasteiger partial charge is 0.335 e. The van der Waals surface area contributed by atoms with E-state index in [9.17, 15) is 4.79 Å². The van der Waals surface area contributed by atoms with Crippen LogP contribution in [0.1, 0.15) is 37.3 Å². The highest BCUT2D eigenvalue weighted by Crippen LogP contribution is 2.29. The lowest BCUT2D eigenvalue weighted by Gasteiger charge is -2.30. The van der Waals surface area contributed by atoms with Gasteiger partial charge in [-0.1, -0.05) is 43.2 Å².